The number of hydrogen-bond acceptors (Lipinski definition) is 5. The van der Waals surface area contributed by atoms with Crippen LogP contribution >= 0.6 is 11.6 Å². The van der Waals surface area contributed by atoms with Gasteiger partial charge in [0, 0.05) is 5.02 Å². The molecule has 0 fully saturated rings. The summed E-state index contributed by atoms with van der Waals surface area (Å²) in [5.74, 6) is -0.806. The van der Waals surface area contributed by atoms with Crippen LogP contribution in [0.4, 0.5) is 11.5 Å². The largest absolute Gasteiger partial charge is 0.495 e. The molecule has 1 amide bonds. The van der Waals surface area contributed by atoms with Gasteiger partial charge in [0.2, 0.25) is 0 Å². The molecule has 0 aliphatic carbocycles. The van der Waals surface area contributed by atoms with Crippen molar-refractivity contribution in [1.82, 2.24) is 9.78 Å². The van der Waals surface area contributed by atoms with E-state index in [0.29, 0.717) is 16.5 Å². The number of amides is 1. The van der Waals surface area contributed by atoms with Gasteiger partial charge >= 0.3 is 5.97 Å². The maximum Gasteiger partial charge on any atom is 0.352 e. The van der Waals surface area contributed by atoms with Crippen molar-refractivity contribution in [3.63, 3.8) is 0 Å². The highest BCUT2D eigenvalue weighted by molar-refractivity contribution is 6.30. The van der Waals surface area contributed by atoms with Gasteiger partial charge < -0.3 is 20.5 Å². The van der Waals surface area contributed by atoms with Gasteiger partial charge in [-0.15, -0.1) is 0 Å². The summed E-state index contributed by atoms with van der Waals surface area (Å²) in [4.78, 5) is 24.6. The van der Waals surface area contributed by atoms with Crippen LogP contribution in [0.2, 0.25) is 5.02 Å². The van der Waals surface area contributed by atoms with Crippen molar-refractivity contribution < 1.29 is 19.4 Å². The Morgan fingerprint density at radius 1 is 1.20 bits per heavy atom. The molecule has 1 atom stereocenters. The molecule has 3 aromatic rings. The van der Waals surface area contributed by atoms with Crippen LogP contribution in [-0.2, 0) is 4.79 Å². The Balaban J connectivity index is 1.72. The zero-order chi connectivity index (χ0) is 21.3. The summed E-state index contributed by atoms with van der Waals surface area (Å²) in [5, 5.41) is 20.0. The molecule has 3 N–H and O–H groups in total. The fraction of sp³-hybridized carbons (Fsp3) is 0.0952. The number of carbonyl (C=O) groups excluding carboxylic acids is 1. The Morgan fingerprint density at radius 2 is 1.93 bits per heavy atom. The number of para-hydroxylation sites is 2. The summed E-state index contributed by atoms with van der Waals surface area (Å²) in [5.41, 5.74) is 1.42. The van der Waals surface area contributed by atoms with E-state index in [0.717, 1.165) is 5.56 Å². The monoisotopic (exact) mass is 424 g/mol. The van der Waals surface area contributed by atoms with Gasteiger partial charge in [0.25, 0.3) is 5.91 Å². The average molecular weight is 425 g/mol. The second kappa shape index (κ2) is 7.92. The Hall–Kier alpha value is -3.78. The number of anilines is 2. The predicted molar refractivity (Wildman–Crippen MR) is 112 cm³/mol. The standard InChI is InChI=1S/C21H17ClN4O4/c1-30-18-5-3-2-4-15(18)25-20(27)14-11-23-26-17(12-6-8-13(22)9-7-12)10-16(21(28)29)24-19(14)26/h2-11,17,24H,1H3,(H,25,27)(H,28,29). The molecule has 1 aliphatic rings. The lowest BCUT2D eigenvalue weighted by Gasteiger charge is -2.24. The van der Waals surface area contributed by atoms with Gasteiger partial charge in [0.1, 0.15) is 22.8 Å². The molecule has 1 aromatic heterocycles. The summed E-state index contributed by atoms with van der Waals surface area (Å²) < 4.78 is 6.82. The number of halogens is 1. The molecule has 4 rings (SSSR count). The fourth-order valence-electron chi connectivity index (χ4n) is 3.22. The number of carboxylic acid groups (broad SMARTS) is 1. The third-order valence-corrected chi connectivity index (χ3v) is 4.93. The van der Waals surface area contributed by atoms with Gasteiger partial charge in [-0.25, -0.2) is 9.48 Å². The number of aromatic nitrogens is 2. The summed E-state index contributed by atoms with van der Waals surface area (Å²) >= 11 is 5.97. The number of methoxy groups -OCH3 is 1. The van der Waals surface area contributed by atoms with E-state index in [9.17, 15) is 14.7 Å². The Bertz CT molecular complexity index is 1150. The van der Waals surface area contributed by atoms with E-state index in [1.165, 1.54) is 19.4 Å². The lowest BCUT2D eigenvalue weighted by Crippen LogP contribution is -2.25. The maximum absolute atomic E-state index is 12.9. The molecular weight excluding hydrogens is 408 g/mol. The molecule has 30 heavy (non-hydrogen) atoms. The molecular formula is C21H17ClN4O4. The minimum Gasteiger partial charge on any atom is -0.495 e. The van der Waals surface area contributed by atoms with E-state index >= 15 is 0 Å². The molecule has 0 bridgehead atoms. The first-order valence-corrected chi connectivity index (χ1v) is 9.35. The Morgan fingerprint density at radius 3 is 2.63 bits per heavy atom. The van der Waals surface area contributed by atoms with Crippen LogP contribution in [0.5, 0.6) is 5.75 Å². The smallest absolute Gasteiger partial charge is 0.352 e. The number of benzene rings is 2. The zero-order valence-corrected chi connectivity index (χ0v) is 16.6. The van der Waals surface area contributed by atoms with E-state index in [4.69, 9.17) is 16.3 Å². The number of fused-ring (bicyclic) bond motifs is 1. The summed E-state index contributed by atoms with van der Waals surface area (Å²) in [6.45, 7) is 0. The van der Waals surface area contributed by atoms with Crippen LogP contribution in [0.1, 0.15) is 22.0 Å². The first kappa shape index (κ1) is 19.5. The van der Waals surface area contributed by atoms with Crippen LogP contribution in [0, 0.1) is 0 Å². The first-order chi connectivity index (χ1) is 14.5. The molecule has 9 heteroatoms. The minimum absolute atomic E-state index is 0.0470. The molecule has 0 spiro atoms. The van der Waals surface area contributed by atoms with Crippen molar-refractivity contribution >= 4 is 35.0 Å². The van der Waals surface area contributed by atoms with Crippen molar-refractivity contribution in [2.24, 2.45) is 0 Å². The highest BCUT2D eigenvalue weighted by Crippen LogP contribution is 2.33. The molecule has 2 aromatic carbocycles. The molecule has 0 saturated heterocycles. The lowest BCUT2D eigenvalue weighted by atomic mass is 10.0. The van der Waals surface area contributed by atoms with E-state index in [1.54, 1.807) is 53.2 Å². The van der Waals surface area contributed by atoms with Crippen LogP contribution in [-0.4, -0.2) is 33.9 Å². The van der Waals surface area contributed by atoms with Crippen LogP contribution in [0.15, 0.2) is 66.5 Å². The highest BCUT2D eigenvalue weighted by Gasteiger charge is 2.29. The van der Waals surface area contributed by atoms with Crippen LogP contribution in [0.25, 0.3) is 0 Å². The third-order valence-electron chi connectivity index (χ3n) is 4.68. The molecule has 0 radical (unpaired) electrons. The van der Waals surface area contributed by atoms with Crippen molar-refractivity contribution in [2.75, 3.05) is 17.7 Å². The minimum atomic E-state index is -1.14. The summed E-state index contributed by atoms with van der Waals surface area (Å²) in [6, 6.07) is 13.5. The van der Waals surface area contributed by atoms with E-state index < -0.39 is 17.9 Å². The Kier molecular flexibility index (Phi) is 5.16. The second-order valence-corrected chi connectivity index (χ2v) is 6.95. The number of nitrogens with one attached hydrogen (secondary N) is 2. The number of hydrogen-bond donors (Lipinski definition) is 3. The van der Waals surface area contributed by atoms with Crippen LogP contribution in [0.3, 0.4) is 0 Å². The van der Waals surface area contributed by atoms with Crippen molar-refractivity contribution in [3.8, 4) is 5.75 Å². The number of carboxylic acids is 1. The summed E-state index contributed by atoms with van der Waals surface area (Å²) in [6.07, 6.45) is 2.93. The number of ether oxygens (including phenoxy) is 1. The quantitative estimate of drug-likeness (QED) is 0.575. The fourth-order valence-corrected chi connectivity index (χ4v) is 3.35. The summed E-state index contributed by atoms with van der Waals surface area (Å²) in [7, 11) is 1.51. The van der Waals surface area contributed by atoms with E-state index in [1.807, 2.05) is 0 Å². The van der Waals surface area contributed by atoms with E-state index in [-0.39, 0.29) is 17.1 Å². The van der Waals surface area contributed by atoms with Crippen molar-refractivity contribution in [2.45, 2.75) is 6.04 Å². The number of aliphatic carboxylic acids is 1. The molecule has 1 aliphatic heterocycles. The molecule has 8 nitrogen and oxygen atoms in total. The van der Waals surface area contributed by atoms with Gasteiger partial charge in [0.05, 0.1) is 25.0 Å². The maximum atomic E-state index is 12.9. The normalized spacial score (nSPS) is 14.9. The number of carbonyl (C=O) groups is 2. The zero-order valence-electron chi connectivity index (χ0n) is 15.8. The topological polar surface area (TPSA) is 105 Å². The predicted octanol–water partition coefficient (Wildman–Crippen LogP) is 3.78. The number of nitrogens with zero attached hydrogens (tertiary/aromatic N) is 2. The van der Waals surface area contributed by atoms with Crippen molar-refractivity contribution in [1.29, 1.82) is 0 Å². The molecule has 0 saturated carbocycles. The lowest BCUT2D eigenvalue weighted by molar-refractivity contribution is -0.132. The van der Waals surface area contributed by atoms with Gasteiger partial charge in [-0.1, -0.05) is 35.9 Å². The number of allylic oxidation sites excluding steroid dienone is 1. The van der Waals surface area contributed by atoms with Gasteiger partial charge in [-0.2, -0.15) is 5.10 Å². The molecule has 152 valence electrons. The second-order valence-electron chi connectivity index (χ2n) is 6.51. The van der Waals surface area contributed by atoms with Crippen molar-refractivity contribution in [3.05, 3.63) is 82.7 Å². The van der Waals surface area contributed by atoms with Gasteiger partial charge in [-0.3, -0.25) is 4.79 Å². The first-order valence-electron chi connectivity index (χ1n) is 8.97. The molecule has 1 unspecified atom stereocenters. The highest BCUT2D eigenvalue weighted by atomic mass is 35.5. The molecule has 2 heterocycles. The van der Waals surface area contributed by atoms with Gasteiger partial charge in [-0.05, 0) is 35.9 Å². The average Bonchev–Trinajstić information content (AvgIpc) is 3.18. The van der Waals surface area contributed by atoms with Crippen LogP contribution < -0.4 is 15.4 Å². The van der Waals surface area contributed by atoms with Gasteiger partial charge in [0.15, 0.2) is 0 Å². The SMILES string of the molecule is COc1ccccc1NC(=O)c1cnn2c1NC(C(=O)O)=CC2c1ccc(Cl)cc1. The Labute approximate surface area is 176 Å². The number of rotatable bonds is 5. The third kappa shape index (κ3) is 3.60. The van der Waals surface area contributed by atoms with E-state index in [2.05, 4.69) is 15.7 Å².